The van der Waals surface area contributed by atoms with Crippen LogP contribution in [0.15, 0.2) is 36.4 Å². The summed E-state index contributed by atoms with van der Waals surface area (Å²) in [4.78, 5) is 28.8. The van der Waals surface area contributed by atoms with Gasteiger partial charge in [-0.2, -0.15) is 0 Å². The molecule has 0 aliphatic heterocycles. The van der Waals surface area contributed by atoms with Gasteiger partial charge in [-0.15, -0.1) is 0 Å². The van der Waals surface area contributed by atoms with Crippen LogP contribution in [0.2, 0.25) is 0 Å². The van der Waals surface area contributed by atoms with E-state index in [1.807, 2.05) is 25.1 Å². The van der Waals surface area contributed by atoms with Gasteiger partial charge in [-0.05, 0) is 36.8 Å². The molecule has 28 heavy (non-hydrogen) atoms. The normalized spacial score (nSPS) is 10.5. The number of fused-ring (bicyclic) bond motifs is 1. The second-order valence-electron chi connectivity index (χ2n) is 6.15. The number of hydrogen-bond donors (Lipinski definition) is 2. The van der Waals surface area contributed by atoms with Gasteiger partial charge in [0.15, 0.2) is 5.13 Å². The van der Waals surface area contributed by atoms with E-state index in [4.69, 9.17) is 9.47 Å². The topological polar surface area (TPSA) is 89.5 Å². The number of aromatic nitrogens is 1. The Labute approximate surface area is 166 Å². The third-order valence-electron chi connectivity index (χ3n) is 4.04. The lowest BCUT2D eigenvalue weighted by molar-refractivity contribution is -0.116. The fourth-order valence-electron chi connectivity index (χ4n) is 2.60. The summed E-state index contributed by atoms with van der Waals surface area (Å²) in [6, 6.07) is 10.9. The Morgan fingerprint density at radius 2 is 1.79 bits per heavy atom. The number of anilines is 1. The van der Waals surface area contributed by atoms with E-state index in [9.17, 15) is 9.59 Å². The van der Waals surface area contributed by atoms with E-state index in [0.29, 0.717) is 22.2 Å². The molecule has 3 aromatic rings. The summed E-state index contributed by atoms with van der Waals surface area (Å²) in [6.45, 7) is 2.21. The number of hydrogen-bond acceptors (Lipinski definition) is 6. The van der Waals surface area contributed by atoms with E-state index < -0.39 is 0 Å². The average molecular weight is 399 g/mol. The van der Waals surface area contributed by atoms with Gasteiger partial charge < -0.3 is 20.1 Å². The molecule has 2 amide bonds. The maximum Gasteiger partial charge on any atom is 0.251 e. The standard InChI is InChI=1S/C20H21N3O4S/c1-12-4-5-16-17(8-12)28-20(22-16)23-18(24)6-7-21-19(25)13-9-14(26-2)11-15(10-13)27-3/h4-5,8-11H,6-7H2,1-3H3,(H,21,25)(H,22,23,24). The number of rotatable bonds is 7. The molecule has 2 N–H and O–H groups in total. The summed E-state index contributed by atoms with van der Waals surface area (Å²) >= 11 is 1.43. The molecule has 0 aliphatic rings. The van der Waals surface area contributed by atoms with Crippen LogP contribution in [-0.4, -0.2) is 37.6 Å². The second kappa shape index (κ2) is 8.71. The minimum atomic E-state index is -0.305. The molecule has 0 aliphatic carbocycles. The Morgan fingerprint density at radius 1 is 1.07 bits per heavy atom. The van der Waals surface area contributed by atoms with Gasteiger partial charge in [0, 0.05) is 24.6 Å². The highest BCUT2D eigenvalue weighted by Crippen LogP contribution is 2.26. The number of benzene rings is 2. The first-order valence-electron chi connectivity index (χ1n) is 8.67. The Balaban J connectivity index is 1.54. The number of thiazole rings is 1. The van der Waals surface area contributed by atoms with Gasteiger partial charge >= 0.3 is 0 Å². The summed E-state index contributed by atoms with van der Waals surface area (Å²) in [7, 11) is 3.04. The van der Waals surface area contributed by atoms with E-state index in [1.165, 1.54) is 25.6 Å². The smallest absolute Gasteiger partial charge is 0.251 e. The molecule has 0 saturated carbocycles. The van der Waals surface area contributed by atoms with E-state index in [-0.39, 0.29) is 24.8 Å². The zero-order chi connectivity index (χ0) is 20.1. The quantitative estimate of drug-likeness (QED) is 0.636. The van der Waals surface area contributed by atoms with Crippen LogP contribution in [-0.2, 0) is 4.79 Å². The predicted molar refractivity (Wildman–Crippen MR) is 109 cm³/mol. The van der Waals surface area contributed by atoms with Crippen LogP contribution in [0.4, 0.5) is 5.13 Å². The Hall–Kier alpha value is -3.13. The van der Waals surface area contributed by atoms with Crippen LogP contribution in [0.3, 0.4) is 0 Å². The highest BCUT2D eigenvalue weighted by Gasteiger charge is 2.12. The molecule has 0 saturated heterocycles. The van der Waals surface area contributed by atoms with Crippen LogP contribution in [0.25, 0.3) is 10.2 Å². The molecule has 0 atom stereocenters. The summed E-state index contributed by atoms with van der Waals surface area (Å²) in [5.41, 5.74) is 2.40. The maximum absolute atomic E-state index is 12.3. The molecule has 1 heterocycles. The average Bonchev–Trinajstić information content (AvgIpc) is 3.08. The first kappa shape index (κ1) is 19.6. The number of methoxy groups -OCH3 is 2. The minimum absolute atomic E-state index is 0.141. The molecule has 0 bridgehead atoms. The van der Waals surface area contributed by atoms with Gasteiger partial charge in [0.05, 0.1) is 24.4 Å². The van der Waals surface area contributed by atoms with Crippen molar-refractivity contribution in [2.24, 2.45) is 0 Å². The van der Waals surface area contributed by atoms with E-state index in [0.717, 1.165) is 15.8 Å². The molecule has 1 aromatic heterocycles. The number of carbonyl (C=O) groups excluding carboxylic acids is 2. The van der Waals surface area contributed by atoms with Crippen molar-refractivity contribution in [2.75, 3.05) is 26.1 Å². The van der Waals surface area contributed by atoms with E-state index in [1.54, 1.807) is 18.2 Å². The van der Waals surface area contributed by atoms with Crippen molar-refractivity contribution < 1.29 is 19.1 Å². The number of amides is 2. The van der Waals surface area contributed by atoms with Crippen molar-refractivity contribution in [1.29, 1.82) is 0 Å². The molecule has 2 aromatic carbocycles. The molecular weight excluding hydrogens is 378 g/mol. The third-order valence-corrected chi connectivity index (χ3v) is 4.98. The van der Waals surface area contributed by atoms with Crippen LogP contribution in [0.5, 0.6) is 11.5 Å². The van der Waals surface area contributed by atoms with Crippen LogP contribution >= 0.6 is 11.3 Å². The fourth-order valence-corrected chi connectivity index (χ4v) is 3.58. The predicted octanol–water partition coefficient (Wildman–Crippen LogP) is 3.38. The van der Waals surface area contributed by atoms with Crippen LogP contribution < -0.4 is 20.1 Å². The first-order valence-corrected chi connectivity index (χ1v) is 9.48. The molecule has 8 heteroatoms. The summed E-state index contributed by atoms with van der Waals surface area (Å²) in [5.74, 6) is 0.529. The lowest BCUT2D eigenvalue weighted by Crippen LogP contribution is -2.27. The molecule has 146 valence electrons. The van der Waals surface area contributed by atoms with Gasteiger partial charge in [0.2, 0.25) is 5.91 Å². The summed E-state index contributed by atoms with van der Waals surface area (Å²) in [5, 5.41) is 6.05. The van der Waals surface area contributed by atoms with Crippen molar-refractivity contribution in [3.05, 3.63) is 47.5 Å². The van der Waals surface area contributed by atoms with Gasteiger partial charge in [0.1, 0.15) is 11.5 Å². The van der Waals surface area contributed by atoms with Crippen LogP contribution in [0.1, 0.15) is 22.3 Å². The van der Waals surface area contributed by atoms with Crippen molar-refractivity contribution in [2.45, 2.75) is 13.3 Å². The lowest BCUT2D eigenvalue weighted by Gasteiger charge is -2.09. The number of aryl methyl sites for hydroxylation is 1. The van der Waals surface area contributed by atoms with Gasteiger partial charge in [-0.1, -0.05) is 17.4 Å². The Morgan fingerprint density at radius 3 is 2.46 bits per heavy atom. The Kier molecular flexibility index (Phi) is 6.10. The van der Waals surface area contributed by atoms with Gasteiger partial charge in [-0.25, -0.2) is 4.98 Å². The minimum Gasteiger partial charge on any atom is -0.497 e. The zero-order valence-electron chi connectivity index (χ0n) is 15.9. The third kappa shape index (κ3) is 4.77. The molecule has 0 radical (unpaired) electrons. The van der Waals surface area contributed by atoms with E-state index >= 15 is 0 Å². The first-order chi connectivity index (χ1) is 13.5. The monoisotopic (exact) mass is 399 g/mol. The lowest BCUT2D eigenvalue weighted by atomic mass is 10.2. The molecule has 0 fully saturated rings. The van der Waals surface area contributed by atoms with Crippen molar-refractivity contribution in [1.82, 2.24) is 10.3 Å². The summed E-state index contributed by atoms with van der Waals surface area (Å²) < 4.78 is 11.3. The number of nitrogens with zero attached hydrogens (tertiary/aromatic N) is 1. The number of carbonyl (C=O) groups is 2. The molecular formula is C20H21N3O4S. The summed E-state index contributed by atoms with van der Waals surface area (Å²) in [6.07, 6.45) is 0.141. The van der Waals surface area contributed by atoms with Gasteiger partial charge in [0.25, 0.3) is 5.91 Å². The second-order valence-corrected chi connectivity index (χ2v) is 7.18. The van der Waals surface area contributed by atoms with Crippen molar-refractivity contribution in [3.63, 3.8) is 0 Å². The fraction of sp³-hybridized carbons (Fsp3) is 0.250. The van der Waals surface area contributed by atoms with Crippen molar-refractivity contribution in [3.8, 4) is 11.5 Å². The molecule has 7 nitrogen and oxygen atoms in total. The zero-order valence-corrected chi connectivity index (χ0v) is 16.7. The van der Waals surface area contributed by atoms with Crippen LogP contribution in [0, 0.1) is 6.92 Å². The maximum atomic E-state index is 12.3. The molecule has 0 unspecified atom stereocenters. The largest absolute Gasteiger partial charge is 0.497 e. The Bertz CT molecular complexity index is 994. The number of ether oxygens (including phenoxy) is 2. The number of nitrogens with one attached hydrogen (secondary N) is 2. The highest BCUT2D eigenvalue weighted by molar-refractivity contribution is 7.22. The molecule has 0 spiro atoms. The SMILES string of the molecule is COc1cc(OC)cc(C(=O)NCCC(=O)Nc2nc3ccc(C)cc3s2)c1. The van der Waals surface area contributed by atoms with Crippen molar-refractivity contribution >= 4 is 38.5 Å². The van der Waals surface area contributed by atoms with E-state index in [2.05, 4.69) is 15.6 Å². The highest BCUT2D eigenvalue weighted by atomic mass is 32.1. The van der Waals surface area contributed by atoms with Gasteiger partial charge in [-0.3, -0.25) is 9.59 Å². The molecule has 3 rings (SSSR count).